The van der Waals surface area contributed by atoms with Crippen molar-refractivity contribution in [3.63, 3.8) is 0 Å². The van der Waals surface area contributed by atoms with Crippen molar-refractivity contribution >= 4 is 0 Å². The van der Waals surface area contributed by atoms with E-state index >= 15 is 0 Å². The maximum Gasteiger partial charge on any atom is -0.00930 e. The lowest BCUT2D eigenvalue weighted by molar-refractivity contribution is 0.571. The zero-order valence-corrected chi connectivity index (χ0v) is 8.51. The van der Waals surface area contributed by atoms with E-state index in [1.807, 2.05) is 19.1 Å². The van der Waals surface area contributed by atoms with Gasteiger partial charge in [-0.3, -0.25) is 0 Å². The van der Waals surface area contributed by atoms with Crippen LogP contribution in [-0.4, -0.2) is 0 Å². The molecule has 0 aromatic rings. The van der Waals surface area contributed by atoms with E-state index in [0.717, 1.165) is 12.3 Å². The molecule has 0 aromatic heterocycles. The molecule has 0 N–H and O–H groups in total. The maximum absolute atomic E-state index is 3.05. The van der Waals surface area contributed by atoms with Crippen molar-refractivity contribution in [3.05, 3.63) is 30.0 Å². The molecule has 0 bridgehead atoms. The molecule has 1 atom stereocenters. The highest BCUT2D eigenvalue weighted by atomic mass is 14.0. The van der Waals surface area contributed by atoms with Crippen molar-refractivity contribution < 1.29 is 0 Å². The number of rotatable bonds is 5. The molecule has 12 heavy (non-hydrogen) atoms. The van der Waals surface area contributed by atoms with Gasteiger partial charge in [0.15, 0.2) is 0 Å². The topological polar surface area (TPSA) is 0 Å². The molecule has 0 heteroatoms. The molecule has 0 aliphatic heterocycles. The molecular formula is C12H20. The van der Waals surface area contributed by atoms with Crippen LogP contribution >= 0.6 is 0 Å². The second-order valence-electron chi connectivity index (χ2n) is 3.12. The molecule has 0 aromatic carbocycles. The van der Waals surface area contributed by atoms with Gasteiger partial charge in [0.1, 0.15) is 0 Å². The first kappa shape index (κ1) is 11.3. The lowest BCUT2D eigenvalue weighted by atomic mass is 10.1. The van der Waals surface area contributed by atoms with Crippen molar-refractivity contribution in [3.8, 4) is 0 Å². The minimum absolute atomic E-state index is 0.826. The predicted molar refractivity (Wildman–Crippen MR) is 56.2 cm³/mol. The fraction of sp³-hybridized carbons (Fsp3) is 0.583. The number of allylic oxidation sites excluding steroid dienone is 3. The predicted octanol–water partition coefficient (Wildman–Crippen LogP) is 4.10. The van der Waals surface area contributed by atoms with Crippen molar-refractivity contribution in [2.75, 3.05) is 0 Å². The van der Waals surface area contributed by atoms with Crippen LogP contribution in [0.4, 0.5) is 0 Å². The second kappa shape index (κ2) is 8.36. The van der Waals surface area contributed by atoms with Crippen molar-refractivity contribution in [2.24, 2.45) is 5.92 Å². The lowest BCUT2D eigenvalue weighted by Gasteiger charge is -2.01. The molecule has 68 valence electrons. The van der Waals surface area contributed by atoms with Gasteiger partial charge in [-0.15, -0.1) is 5.73 Å². The van der Waals surface area contributed by atoms with Gasteiger partial charge in [-0.25, -0.2) is 0 Å². The van der Waals surface area contributed by atoms with Crippen LogP contribution in [0, 0.1) is 5.92 Å². The van der Waals surface area contributed by atoms with Gasteiger partial charge >= 0.3 is 0 Å². The second-order valence-corrected chi connectivity index (χ2v) is 3.12. The molecule has 0 heterocycles. The Hall–Kier alpha value is -0.740. The average molecular weight is 164 g/mol. The highest BCUT2D eigenvalue weighted by molar-refractivity contribution is 4.92. The molecule has 0 nitrogen and oxygen atoms in total. The summed E-state index contributed by atoms with van der Waals surface area (Å²) in [7, 11) is 0. The summed E-state index contributed by atoms with van der Waals surface area (Å²) in [4.78, 5) is 0. The highest BCUT2D eigenvalue weighted by Crippen LogP contribution is 2.06. The van der Waals surface area contributed by atoms with Crippen LogP contribution in [-0.2, 0) is 0 Å². The molecule has 0 saturated carbocycles. The van der Waals surface area contributed by atoms with Gasteiger partial charge < -0.3 is 0 Å². The third-order valence-corrected chi connectivity index (χ3v) is 1.94. The van der Waals surface area contributed by atoms with E-state index in [1.54, 1.807) is 0 Å². The van der Waals surface area contributed by atoms with Crippen LogP contribution in [0.5, 0.6) is 0 Å². The van der Waals surface area contributed by atoms with Crippen molar-refractivity contribution in [2.45, 2.75) is 40.0 Å². The van der Waals surface area contributed by atoms with Gasteiger partial charge in [-0.1, -0.05) is 32.4 Å². The molecule has 0 aliphatic carbocycles. The van der Waals surface area contributed by atoms with E-state index in [-0.39, 0.29) is 0 Å². The van der Waals surface area contributed by atoms with Gasteiger partial charge in [0.2, 0.25) is 0 Å². The van der Waals surface area contributed by atoms with E-state index in [4.69, 9.17) is 0 Å². The van der Waals surface area contributed by atoms with Gasteiger partial charge in [-0.2, -0.15) is 0 Å². The summed E-state index contributed by atoms with van der Waals surface area (Å²) in [6.45, 7) is 6.50. The van der Waals surface area contributed by atoms with Gasteiger partial charge in [0.05, 0.1) is 0 Å². The summed E-state index contributed by atoms with van der Waals surface area (Å²) >= 11 is 0. The van der Waals surface area contributed by atoms with Gasteiger partial charge in [0, 0.05) is 0 Å². The Morgan fingerprint density at radius 3 is 2.67 bits per heavy atom. The minimum atomic E-state index is 0.826. The molecule has 1 unspecified atom stereocenters. The van der Waals surface area contributed by atoms with E-state index in [2.05, 4.69) is 31.7 Å². The van der Waals surface area contributed by atoms with Crippen LogP contribution in [0.25, 0.3) is 0 Å². The molecule has 0 fully saturated rings. The first-order valence-corrected chi connectivity index (χ1v) is 4.81. The fourth-order valence-electron chi connectivity index (χ4n) is 0.845. The zero-order valence-electron chi connectivity index (χ0n) is 8.51. The van der Waals surface area contributed by atoms with Crippen LogP contribution in [0.1, 0.15) is 40.0 Å². The smallest absolute Gasteiger partial charge is 0.00930 e. The standard InChI is InChI=1S/C12H20/c1-4-6-7-8-9-10-11-12(3)5-2/h4,7,9-10,12H,5,8,11H2,1-3H3. The fourth-order valence-corrected chi connectivity index (χ4v) is 0.845. The van der Waals surface area contributed by atoms with E-state index in [9.17, 15) is 0 Å². The van der Waals surface area contributed by atoms with E-state index in [0.29, 0.717) is 0 Å². The Labute approximate surface area is 76.7 Å². The van der Waals surface area contributed by atoms with Crippen LogP contribution in [0.3, 0.4) is 0 Å². The van der Waals surface area contributed by atoms with E-state index in [1.165, 1.54) is 12.8 Å². The molecule has 0 aliphatic rings. The Balaban J connectivity index is 3.43. The summed E-state index contributed by atoms with van der Waals surface area (Å²) < 4.78 is 0. The normalized spacial score (nSPS) is 12.6. The van der Waals surface area contributed by atoms with Crippen LogP contribution < -0.4 is 0 Å². The van der Waals surface area contributed by atoms with Gasteiger partial charge in [-0.05, 0) is 37.8 Å². The SMILES string of the molecule is CC=C=CCC=CCC(C)CC. The minimum Gasteiger partial charge on any atom is -0.130 e. The first-order valence-electron chi connectivity index (χ1n) is 4.81. The number of hydrogen-bond acceptors (Lipinski definition) is 0. The summed E-state index contributed by atoms with van der Waals surface area (Å²) in [5.74, 6) is 0.826. The monoisotopic (exact) mass is 164 g/mol. The van der Waals surface area contributed by atoms with Crippen LogP contribution in [0.2, 0.25) is 0 Å². The zero-order chi connectivity index (χ0) is 9.23. The summed E-state index contributed by atoms with van der Waals surface area (Å²) in [5.41, 5.74) is 3.05. The molecule has 0 amide bonds. The highest BCUT2D eigenvalue weighted by Gasteiger charge is 1.92. The number of hydrogen-bond donors (Lipinski definition) is 0. The molecule has 0 spiro atoms. The van der Waals surface area contributed by atoms with Crippen LogP contribution in [0.15, 0.2) is 30.0 Å². The summed E-state index contributed by atoms with van der Waals surface area (Å²) in [6.07, 6.45) is 12.0. The third-order valence-electron chi connectivity index (χ3n) is 1.94. The maximum atomic E-state index is 3.05. The first-order chi connectivity index (χ1) is 5.81. The van der Waals surface area contributed by atoms with Crippen molar-refractivity contribution in [1.82, 2.24) is 0 Å². The molecule has 0 saturated heterocycles. The summed E-state index contributed by atoms with van der Waals surface area (Å²) in [6, 6.07) is 0. The average Bonchev–Trinajstić information content (AvgIpc) is 2.10. The third kappa shape index (κ3) is 7.37. The van der Waals surface area contributed by atoms with Gasteiger partial charge in [0.25, 0.3) is 0 Å². The lowest BCUT2D eigenvalue weighted by Crippen LogP contribution is -1.87. The Morgan fingerprint density at radius 1 is 1.33 bits per heavy atom. The molecular weight excluding hydrogens is 144 g/mol. The van der Waals surface area contributed by atoms with Crippen molar-refractivity contribution in [1.29, 1.82) is 0 Å². The Morgan fingerprint density at radius 2 is 2.08 bits per heavy atom. The summed E-state index contributed by atoms with van der Waals surface area (Å²) in [5, 5.41) is 0. The quantitative estimate of drug-likeness (QED) is 0.424. The Bertz CT molecular complexity index is 168. The van der Waals surface area contributed by atoms with E-state index < -0.39 is 0 Å². The molecule has 0 rings (SSSR count). The largest absolute Gasteiger partial charge is 0.130 e. The molecule has 0 radical (unpaired) electrons. The Kier molecular flexibility index (Phi) is 7.84.